The van der Waals surface area contributed by atoms with Crippen LogP contribution in [0.15, 0.2) is 64.0 Å². The van der Waals surface area contributed by atoms with Gasteiger partial charge in [0.25, 0.3) is 0 Å². The first-order valence-electron chi connectivity index (χ1n) is 8.66. The lowest BCUT2D eigenvalue weighted by Crippen LogP contribution is -2.10. The number of carbonyl (C=O) groups is 1. The highest BCUT2D eigenvalue weighted by molar-refractivity contribution is 7.99. The normalized spacial score (nSPS) is 11.2. The molecule has 0 saturated carbocycles. The van der Waals surface area contributed by atoms with E-state index in [4.69, 9.17) is 0 Å². The number of halogens is 1. The molecular formula is C21H17FN2O2S2. The fraction of sp³-hybridized carbons (Fsp3) is 0.143. The van der Waals surface area contributed by atoms with Gasteiger partial charge in [0.15, 0.2) is 0 Å². The van der Waals surface area contributed by atoms with Crippen LogP contribution in [0.3, 0.4) is 0 Å². The molecule has 7 heteroatoms. The molecule has 3 aromatic heterocycles. The van der Waals surface area contributed by atoms with Crippen molar-refractivity contribution in [2.75, 3.05) is 0 Å². The predicted octanol–water partition coefficient (Wildman–Crippen LogP) is 5.37. The third-order valence-corrected chi connectivity index (χ3v) is 6.74. The van der Waals surface area contributed by atoms with Gasteiger partial charge in [-0.2, -0.15) is 0 Å². The number of fused-ring (bicyclic) bond motifs is 1. The van der Waals surface area contributed by atoms with Gasteiger partial charge in [-0.05, 0) is 54.3 Å². The lowest BCUT2D eigenvalue weighted by atomic mass is 10.1. The molecule has 1 N–H and O–H groups in total. The van der Waals surface area contributed by atoms with E-state index in [9.17, 15) is 14.3 Å². The summed E-state index contributed by atoms with van der Waals surface area (Å²) < 4.78 is 15.7. The Kier molecular flexibility index (Phi) is 5.19. The van der Waals surface area contributed by atoms with Crippen LogP contribution < -0.4 is 0 Å². The van der Waals surface area contributed by atoms with Crippen LogP contribution in [0.1, 0.15) is 16.1 Å². The van der Waals surface area contributed by atoms with Gasteiger partial charge in [-0.15, -0.1) is 11.3 Å². The minimum atomic E-state index is -0.917. The van der Waals surface area contributed by atoms with Crippen LogP contribution in [0.4, 0.5) is 4.39 Å². The van der Waals surface area contributed by atoms with Crippen LogP contribution in [-0.2, 0) is 17.8 Å². The monoisotopic (exact) mass is 412 g/mol. The number of pyridine rings is 1. The van der Waals surface area contributed by atoms with E-state index in [0.717, 1.165) is 36.8 Å². The number of aliphatic carboxylic acids is 1. The summed E-state index contributed by atoms with van der Waals surface area (Å²) >= 11 is 3.29. The third kappa shape index (κ3) is 3.68. The SMILES string of the molecule is Cc1c(Cc2sccc2Sc2cccnc2)c2cc(F)ccc2n1CC(=O)O. The van der Waals surface area contributed by atoms with Gasteiger partial charge in [0.2, 0.25) is 0 Å². The molecule has 0 aliphatic heterocycles. The van der Waals surface area contributed by atoms with Crippen LogP contribution in [0, 0.1) is 12.7 Å². The summed E-state index contributed by atoms with van der Waals surface area (Å²) in [7, 11) is 0. The molecule has 142 valence electrons. The van der Waals surface area contributed by atoms with Gasteiger partial charge >= 0.3 is 5.97 Å². The minimum absolute atomic E-state index is 0.143. The van der Waals surface area contributed by atoms with Crippen molar-refractivity contribution in [2.24, 2.45) is 0 Å². The maximum absolute atomic E-state index is 13.9. The summed E-state index contributed by atoms with van der Waals surface area (Å²) in [6, 6.07) is 10.5. The van der Waals surface area contributed by atoms with Crippen LogP contribution in [0.25, 0.3) is 10.9 Å². The van der Waals surface area contributed by atoms with E-state index in [1.807, 2.05) is 30.6 Å². The zero-order valence-corrected chi connectivity index (χ0v) is 16.7. The number of carboxylic acids is 1. The Hall–Kier alpha value is -2.64. The Balaban J connectivity index is 1.75. The molecule has 0 unspecified atom stereocenters. The van der Waals surface area contributed by atoms with E-state index in [0.29, 0.717) is 6.42 Å². The van der Waals surface area contributed by atoms with E-state index in [-0.39, 0.29) is 12.4 Å². The summed E-state index contributed by atoms with van der Waals surface area (Å²) in [5, 5.41) is 12.1. The molecule has 0 aliphatic carbocycles. The summed E-state index contributed by atoms with van der Waals surface area (Å²) in [6.07, 6.45) is 4.19. The Labute approximate surface area is 169 Å². The second-order valence-electron chi connectivity index (χ2n) is 6.38. The van der Waals surface area contributed by atoms with Crippen LogP contribution in [0.2, 0.25) is 0 Å². The second-order valence-corrected chi connectivity index (χ2v) is 8.50. The molecule has 0 saturated heterocycles. The molecule has 0 atom stereocenters. The van der Waals surface area contributed by atoms with Gasteiger partial charge in [-0.25, -0.2) is 4.39 Å². The van der Waals surface area contributed by atoms with Crippen LogP contribution in [-0.4, -0.2) is 20.6 Å². The van der Waals surface area contributed by atoms with Crippen LogP contribution in [0.5, 0.6) is 0 Å². The highest BCUT2D eigenvalue weighted by Crippen LogP contribution is 2.37. The minimum Gasteiger partial charge on any atom is -0.480 e. The molecule has 0 amide bonds. The molecule has 4 rings (SSSR count). The predicted molar refractivity (Wildman–Crippen MR) is 110 cm³/mol. The number of nitrogens with zero attached hydrogens (tertiary/aromatic N) is 2. The van der Waals surface area contributed by atoms with Crippen molar-refractivity contribution < 1.29 is 14.3 Å². The Morgan fingerprint density at radius 1 is 1.32 bits per heavy atom. The highest BCUT2D eigenvalue weighted by Gasteiger charge is 2.18. The lowest BCUT2D eigenvalue weighted by molar-refractivity contribution is -0.137. The lowest BCUT2D eigenvalue weighted by Gasteiger charge is -2.06. The van der Waals surface area contributed by atoms with Crippen LogP contribution >= 0.6 is 23.1 Å². The average Bonchev–Trinajstić information content (AvgIpc) is 3.20. The van der Waals surface area contributed by atoms with Gasteiger partial charge in [0.05, 0.1) is 0 Å². The fourth-order valence-electron chi connectivity index (χ4n) is 3.33. The maximum atomic E-state index is 13.9. The van der Waals surface area contributed by atoms with E-state index < -0.39 is 5.97 Å². The summed E-state index contributed by atoms with van der Waals surface area (Å²) in [5.41, 5.74) is 2.56. The van der Waals surface area contributed by atoms with Gasteiger partial charge in [0.1, 0.15) is 12.4 Å². The van der Waals surface area contributed by atoms with E-state index >= 15 is 0 Å². The quantitative estimate of drug-likeness (QED) is 0.462. The maximum Gasteiger partial charge on any atom is 0.323 e. The van der Waals surface area contributed by atoms with Crippen molar-refractivity contribution in [3.63, 3.8) is 0 Å². The number of hydrogen-bond acceptors (Lipinski definition) is 4. The Bertz CT molecular complexity index is 1150. The van der Waals surface area contributed by atoms with E-state index in [2.05, 4.69) is 11.1 Å². The molecule has 4 aromatic rings. The Morgan fingerprint density at radius 2 is 2.18 bits per heavy atom. The third-order valence-electron chi connectivity index (χ3n) is 4.61. The molecule has 0 radical (unpaired) electrons. The number of benzene rings is 1. The van der Waals surface area contributed by atoms with E-state index in [1.165, 1.54) is 12.1 Å². The molecule has 3 heterocycles. The van der Waals surface area contributed by atoms with Crippen molar-refractivity contribution in [3.8, 4) is 0 Å². The van der Waals surface area contributed by atoms with Crippen molar-refractivity contribution in [3.05, 3.63) is 76.1 Å². The zero-order valence-electron chi connectivity index (χ0n) is 15.1. The topological polar surface area (TPSA) is 55.1 Å². The zero-order chi connectivity index (χ0) is 19.7. The first-order chi connectivity index (χ1) is 13.5. The molecule has 28 heavy (non-hydrogen) atoms. The van der Waals surface area contributed by atoms with E-state index in [1.54, 1.807) is 39.9 Å². The van der Waals surface area contributed by atoms with Gasteiger partial charge in [-0.3, -0.25) is 9.78 Å². The highest BCUT2D eigenvalue weighted by atomic mass is 32.2. The molecule has 0 spiro atoms. The van der Waals surface area contributed by atoms with Crippen molar-refractivity contribution >= 4 is 40.0 Å². The van der Waals surface area contributed by atoms with Crippen molar-refractivity contribution in [1.82, 2.24) is 9.55 Å². The second kappa shape index (κ2) is 7.77. The number of carboxylic acid groups (broad SMARTS) is 1. The number of aromatic nitrogens is 2. The Morgan fingerprint density at radius 3 is 2.93 bits per heavy atom. The smallest absolute Gasteiger partial charge is 0.323 e. The van der Waals surface area contributed by atoms with Crippen molar-refractivity contribution in [2.45, 2.75) is 29.7 Å². The number of hydrogen-bond donors (Lipinski definition) is 1. The largest absolute Gasteiger partial charge is 0.480 e. The molecule has 0 bridgehead atoms. The first-order valence-corrected chi connectivity index (χ1v) is 10.4. The summed E-state index contributed by atoms with van der Waals surface area (Å²) in [6.45, 7) is 1.76. The van der Waals surface area contributed by atoms with Gasteiger partial charge in [0, 0.05) is 50.1 Å². The first kappa shape index (κ1) is 18.7. The number of thiophene rings is 1. The summed E-state index contributed by atoms with van der Waals surface area (Å²) in [5.74, 6) is -1.24. The van der Waals surface area contributed by atoms with Crippen molar-refractivity contribution in [1.29, 1.82) is 0 Å². The molecular weight excluding hydrogens is 395 g/mol. The number of rotatable bonds is 6. The molecule has 4 nitrogen and oxygen atoms in total. The standard InChI is InChI=1S/C21H17FN2O2S2/c1-13-16(17-9-14(22)4-5-18(17)24(13)12-21(25)26)10-20-19(6-8-27-20)28-15-3-2-7-23-11-15/h2-9,11H,10,12H2,1H3,(H,25,26). The average molecular weight is 413 g/mol. The summed E-state index contributed by atoms with van der Waals surface area (Å²) in [4.78, 5) is 18.8. The molecule has 0 fully saturated rings. The molecule has 1 aromatic carbocycles. The fourth-order valence-corrected chi connectivity index (χ4v) is 5.30. The van der Waals surface area contributed by atoms with Gasteiger partial charge in [-0.1, -0.05) is 11.8 Å². The molecule has 0 aliphatic rings. The van der Waals surface area contributed by atoms with Gasteiger partial charge < -0.3 is 9.67 Å².